The fraction of sp³-hybridized carbons (Fsp3) is 0.353. The maximum absolute atomic E-state index is 12.5. The van der Waals surface area contributed by atoms with Crippen LogP contribution in [0.2, 0.25) is 0 Å². The van der Waals surface area contributed by atoms with E-state index in [-0.39, 0.29) is 5.78 Å². The Morgan fingerprint density at radius 3 is 2.70 bits per heavy atom. The Morgan fingerprint density at radius 2 is 2.00 bits per heavy atom. The van der Waals surface area contributed by atoms with Gasteiger partial charge in [0.05, 0.1) is 6.54 Å². The topological polar surface area (TPSA) is 25.2 Å². The molecule has 3 rings (SSSR count). The maximum atomic E-state index is 12.5. The molecule has 0 saturated heterocycles. The lowest BCUT2D eigenvalue weighted by molar-refractivity contribution is 0.0999. The molecular formula is C17H20N2O. The van der Waals surface area contributed by atoms with Crippen molar-refractivity contribution in [1.82, 2.24) is 4.57 Å². The van der Waals surface area contributed by atoms with Gasteiger partial charge in [0.2, 0.25) is 0 Å². The molecule has 0 N–H and O–H groups in total. The van der Waals surface area contributed by atoms with Crippen molar-refractivity contribution in [3.05, 3.63) is 52.8 Å². The Balaban J connectivity index is 1.82. The van der Waals surface area contributed by atoms with Crippen LogP contribution in [0.4, 0.5) is 5.69 Å². The molecule has 0 aliphatic carbocycles. The van der Waals surface area contributed by atoms with Gasteiger partial charge >= 0.3 is 0 Å². The van der Waals surface area contributed by atoms with Crippen LogP contribution in [0.1, 0.15) is 27.3 Å². The minimum Gasteiger partial charge on any atom is -0.363 e. The highest BCUT2D eigenvalue weighted by Crippen LogP contribution is 2.27. The first-order valence-electron chi connectivity index (χ1n) is 7.07. The molecule has 0 amide bonds. The third-order valence-corrected chi connectivity index (χ3v) is 4.39. The van der Waals surface area contributed by atoms with Gasteiger partial charge in [0.1, 0.15) is 0 Å². The molecule has 3 heteroatoms. The summed E-state index contributed by atoms with van der Waals surface area (Å²) in [5, 5.41) is 0. The number of ketones is 1. The van der Waals surface area contributed by atoms with E-state index < -0.39 is 0 Å². The molecule has 0 atom stereocenters. The van der Waals surface area contributed by atoms with Gasteiger partial charge in [-0.25, -0.2) is 0 Å². The molecule has 1 aliphatic heterocycles. The molecule has 104 valence electrons. The van der Waals surface area contributed by atoms with Crippen LogP contribution in [-0.4, -0.2) is 23.4 Å². The van der Waals surface area contributed by atoms with E-state index in [2.05, 4.69) is 27.7 Å². The lowest BCUT2D eigenvalue weighted by atomic mass is 10.1. The molecule has 1 aromatic heterocycles. The molecule has 0 radical (unpaired) electrons. The highest BCUT2D eigenvalue weighted by molar-refractivity contribution is 6.00. The third-order valence-electron chi connectivity index (χ3n) is 4.39. The summed E-state index contributed by atoms with van der Waals surface area (Å²) in [6, 6.07) is 10.4. The Kier molecular flexibility index (Phi) is 3.13. The number of hydrogen-bond acceptors (Lipinski definition) is 2. The van der Waals surface area contributed by atoms with Gasteiger partial charge < -0.3 is 9.47 Å². The zero-order valence-electron chi connectivity index (χ0n) is 12.3. The fourth-order valence-corrected chi connectivity index (χ4v) is 2.97. The fourth-order valence-electron chi connectivity index (χ4n) is 2.97. The van der Waals surface area contributed by atoms with Gasteiger partial charge in [-0.15, -0.1) is 0 Å². The number of aryl methyl sites for hydroxylation is 1. The average Bonchev–Trinajstić information content (AvgIpc) is 2.96. The minimum atomic E-state index is 0.211. The van der Waals surface area contributed by atoms with E-state index >= 15 is 0 Å². The zero-order valence-corrected chi connectivity index (χ0v) is 12.3. The molecule has 20 heavy (non-hydrogen) atoms. The summed E-state index contributed by atoms with van der Waals surface area (Å²) < 4.78 is 2.07. The molecule has 0 unspecified atom stereocenters. The van der Waals surface area contributed by atoms with Gasteiger partial charge in [-0.05, 0) is 38.0 Å². The second-order valence-corrected chi connectivity index (χ2v) is 5.57. The number of Topliss-reactive ketones (excluding diaryl/α,β-unsaturated/α-hetero) is 1. The molecule has 3 nitrogen and oxygen atoms in total. The van der Waals surface area contributed by atoms with Crippen LogP contribution in [0.5, 0.6) is 0 Å². The van der Waals surface area contributed by atoms with Gasteiger partial charge in [-0.1, -0.05) is 18.2 Å². The summed E-state index contributed by atoms with van der Waals surface area (Å²) in [4.78, 5) is 14.7. The molecular weight excluding hydrogens is 248 g/mol. The number of rotatable bonds is 3. The highest BCUT2D eigenvalue weighted by atomic mass is 16.1. The van der Waals surface area contributed by atoms with Crippen LogP contribution in [0.25, 0.3) is 0 Å². The number of para-hydroxylation sites is 1. The van der Waals surface area contributed by atoms with Crippen molar-refractivity contribution in [3.63, 3.8) is 0 Å². The molecule has 0 saturated carbocycles. The molecule has 2 aromatic rings. The second-order valence-electron chi connectivity index (χ2n) is 5.57. The van der Waals surface area contributed by atoms with E-state index in [1.165, 1.54) is 11.3 Å². The first-order valence-corrected chi connectivity index (χ1v) is 7.07. The molecule has 2 heterocycles. The molecule has 1 aliphatic rings. The Bertz CT molecular complexity index is 670. The summed E-state index contributed by atoms with van der Waals surface area (Å²) in [6.07, 6.45) is 1.04. The monoisotopic (exact) mass is 268 g/mol. The average molecular weight is 268 g/mol. The second kappa shape index (κ2) is 4.82. The van der Waals surface area contributed by atoms with Crippen molar-refractivity contribution in [2.45, 2.75) is 20.3 Å². The number of carbonyl (C=O) groups is 1. The Morgan fingerprint density at radius 1 is 1.25 bits per heavy atom. The maximum Gasteiger partial charge on any atom is 0.183 e. The van der Waals surface area contributed by atoms with Crippen molar-refractivity contribution in [2.24, 2.45) is 7.05 Å². The smallest absolute Gasteiger partial charge is 0.183 e. The van der Waals surface area contributed by atoms with E-state index in [4.69, 9.17) is 0 Å². The summed E-state index contributed by atoms with van der Waals surface area (Å²) in [5.41, 5.74) is 5.61. The Hall–Kier alpha value is -2.03. The van der Waals surface area contributed by atoms with Crippen molar-refractivity contribution in [2.75, 3.05) is 18.0 Å². The van der Waals surface area contributed by atoms with Crippen molar-refractivity contribution >= 4 is 11.5 Å². The van der Waals surface area contributed by atoms with E-state index in [9.17, 15) is 4.79 Å². The van der Waals surface area contributed by atoms with Gasteiger partial charge in [-0.3, -0.25) is 4.79 Å². The first kappa shape index (κ1) is 13.0. The predicted octanol–water partition coefficient (Wildman–Crippen LogP) is 2.89. The van der Waals surface area contributed by atoms with Crippen LogP contribution in [0.15, 0.2) is 30.3 Å². The van der Waals surface area contributed by atoms with Crippen molar-refractivity contribution in [1.29, 1.82) is 0 Å². The summed E-state index contributed by atoms with van der Waals surface area (Å²) in [5.74, 6) is 0.211. The number of benzene rings is 1. The Labute approximate surface area is 119 Å². The van der Waals surface area contributed by atoms with Crippen LogP contribution >= 0.6 is 0 Å². The quantitative estimate of drug-likeness (QED) is 0.800. The van der Waals surface area contributed by atoms with E-state index in [0.717, 1.165) is 29.9 Å². The number of aromatic nitrogens is 1. The van der Waals surface area contributed by atoms with Crippen molar-refractivity contribution in [3.8, 4) is 0 Å². The van der Waals surface area contributed by atoms with Crippen LogP contribution in [-0.2, 0) is 13.5 Å². The number of carbonyl (C=O) groups excluding carboxylic acids is 1. The number of fused-ring (bicyclic) bond motifs is 1. The normalized spacial score (nSPS) is 13.7. The number of nitrogens with zero attached hydrogens (tertiary/aromatic N) is 2. The molecule has 1 aromatic carbocycles. The van der Waals surface area contributed by atoms with E-state index in [1.807, 2.05) is 33.0 Å². The lowest BCUT2D eigenvalue weighted by Crippen LogP contribution is -2.28. The van der Waals surface area contributed by atoms with Crippen LogP contribution < -0.4 is 4.90 Å². The van der Waals surface area contributed by atoms with Gasteiger partial charge in [0.25, 0.3) is 0 Å². The molecule has 0 fully saturated rings. The highest BCUT2D eigenvalue weighted by Gasteiger charge is 2.22. The largest absolute Gasteiger partial charge is 0.363 e. The van der Waals surface area contributed by atoms with Crippen LogP contribution in [0, 0.1) is 13.8 Å². The first-order chi connectivity index (χ1) is 9.58. The van der Waals surface area contributed by atoms with Gasteiger partial charge in [-0.2, -0.15) is 0 Å². The third kappa shape index (κ3) is 2.03. The predicted molar refractivity (Wildman–Crippen MR) is 81.6 cm³/mol. The standard InChI is InChI=1S/C17H20N2O/c1-12-10-15(13(2)18(12)3)17(20)11-19-9-8-14-6-4-5-7-16(14)19/h4-7,10H,8-9,11H2,1-3H3. The van der Waals surface area contributed by atoms with Crippen molar-refractivity contribution < 1.29 is 4.79 Å². The molecule has 0 bridgehead atoms. The summed E-state index contributed by atoms with van der Waals surface area (Å²) in [6.45, 7) is 5.46. The minimum absolute atomic E-state index is 0.211. The number of hydrogen-bond donors (Lipinski definition) is 0. The van der Waals surface area contributed by atoms with Gasteiger partial charge in [0.15, 0.2) is 5.78 Å². The lowest BCUT2D eigenvalue weighted by Gasteiger charge is -2.18. The zero-order chi connectivity index (χ0) is 14.3. The summed E-state index contributed by atoms with van der Waals surface area (Å²) >= 11 is 0. The van der Waals surface area contributed by atoms with Gasteiger partial charge in [0, 0.05) is 36.2 Å². The molecule has 0 spiro atoms. The van der Waals surface area contributed by atoms with Crippen LogP contribution in [0.3, 0.4) is 0 Å². The van der Waals surface area contributed by atoms with E-state index in [0.29, 0.717) is 6.54 Å². The van der Waals surface area contributed by atoms with E-state index in [1.54, 1.807) is 0 Å². The number of anilines is 1. The SMILES string of the molecule is Cc1cc(C(=O)CN2CCc3ccccc32)c(C)n1C. The summed E-state index contributed by atoms with van der Waals surface area (Å²) in [7, 11) is 2.01.